The lowest BCUT2D eigenvalue weighted by Crippen LogP contribution is -2.42. The van der Waals surface area contributed by atoms with Crippen LogP contribution in [0.15, 0.2) is 48.5 Å². The van der Waals surface area contributed by atoms with E-state index >= 15 is 0 Å². The van der Waals surface area contributed by atoms with Crippen molar-refractivity contribution in [3.05, 3.63) is 70.2 Å². The number of benzene rings is 2. The lowest BCUT2D eigenvalue weighted by atomic mass is 9.96. The van der Waals surface area contributed by atoms with Crippen LogP contribution in [-0.4, -0.2) is 31.1 Å². The minimum absolute atomic E-state index is 0.0507. The maximum atomic E-state index is 12.5. The van der Waals surface area contributed by atoms with E-state index in [2.05, 4.69) is 41.1 Å². The number of piperidine rings is 1. The highest BCUT2D eigenvalue weighted by molar-refractivity contribution is 6.30. The fourth-order valence-corrected chi connectivity index (χ4v) is 5.00. The molecule has 0 radical (unpaired) electrons. The number of nitrogens with one attached hydrogen (secondary N) is 3. The highest BCUT2D eigenvalue weighted by atomic mass is 35.5. The highest BCUT2D eigenvalue weighted by Gasteiger charge is 2.27. The monoisotopic (exact) mass is 425 g/mol. The molecule has 0 unspecified atom stereocenters. The van der Waals surface area contributed by atoms with Crippen molar-refractivity contribution < 1.29 is 4.79 Å². The molecule has 3 N–H and O–H groups in total. The van der Waals surface area contributed by atoms with Gasteiger partial charge in [0.05, 0.1) is 0 Å². The fourth-order valence-electron chi connectivity index (χ4n) is 4.80. The third-order valence-electron chi connectivity index (χ3n) is 6.59. The average Bonchev–Trinajstić information content (AvgIpc) is 3.23. The van der Waals surface area contributed by atoms with Crippen LogP contribution in [0.3, 0.4) is 0 Å². The summed E-state index contributed by atoms with van der Waals surface area (Å²) < 4.78 is 0. The molecule has 4 rings (SSSR count). The van der Waals surface area contributed by atoms with Crippen LogP contribution in [0.5, 0.6) is 0 Å². The van der Waals surface area contributed by atoms with Crippen molar-refractivity contribution in [2.24, 2.45) is 0 Å². The Hall–Kier alpha value is -1.88. The first-order chi connectivity index (χ1) is 14.6. The number of amides is 1. The first-order valence-electron chi connectivity index (χ1n) is 11.2. The van der Waals surface area contributed by atoms with E-state index < -0.39 is 0 Å². The Labute approximate surface area is 184 Å². The van der Waals surface area contributed by atoms with E-state index in [0.717, 1.165) is 42.9 Å². The predicted octanol–water partition coefficient (Wildman–Crippen LogP) is 4.81. The van der Waals surface area contributed by atoms with Crippen molar-refractivity contribution in [2.75, 3.05) is 13.1 Å². The first kappa shape index (κ1) is 21.4. The van der Waals surface area contributed by atoms with Gasteiger partial charge in [-0.15, -0.1) is 0 Å². The van der Waals surface area contributed by atoms with E-state index in [0.29, 0.717) is 18.0 Å². The molecule has 0 spiro atoms. The van der Waals surface area contributed by atoms with E-state index in [1.807, 2.05) is 30.3 Å². The molecule has 1 saturated carbocycles. The van der Waals surface area contributed by atoms with Gasteiger partial charge in [0.1, 0.15) is 0 Å². The van der Waals surface area contributed by atoms with Crippen molar-refractivity contribution in [2.45, 2.75) is 63.1 Å². The highest BCUT2D eigenvalue weighted by Crippen LogP contribution is 2.35. The van der Waals surface area contributed by atoms with Gasteiger partial charge in [0.15, 0.2) is 0 Å². The summed E-state index contributed by atoms with van der Waals surface area (Å²) in [6.07, 6.45) is 5.50. The van der Waals surface area contributed by atoms with Crippen molar-refractivity contribution >= 4 is 17.5 Å². The Morgan fingerprint density at radius 3 is 2.53 bits per heavy atom. The molecule has 1 saturated heterocycles. The normalized spacial score (nSPS) is 23.3. The zero-order valence-electron chi connectivity index (χ0n) is 17.7. The Kier molecular flexibility index (Phi) is 7.08. The molecule has 1 heterocycles. The summed E-state index contributed by atoms with van der Waals surface area (Å²) in [5.41, 5.74) is 3.34. The first-order valence-corrected chi connectivity index (χ1v) is 11.6. The SMILES string of the molecule is C[C@@H](N[C@H]1CC[C@@H](c2ccc(C(=O)NC3CCNCC3)cc2)C1)c1cccc(Cl)c1. The van der Waals surface area contributed by atoms with Gasteiger partial charge < -0.3 is 16.0 Å². The second-order valence-corrected chi connectivity index (χ2v) is 9.21. The lowest BCUT2D eigenvalue weighted by molar-refractivity contribution is 0.0929. The van der Waals surface area contributed by atoms with Gasteiger partial charge in [-0.1, -0.05) is 35.9 Å². The van der Waals surface area contributed by atoms with E-state index in [1.165, 1.54) is 24.0 Å². The van der Waals surface area contributed by atoms with Gasteiger partial charge in [-0.2, -0.15) is 0 Å². The summed E-state index contributed by atoms with van der Waals surface area (Å²) in [5.74, 6) is 0.602. The Morgan fingerprint density at radius 2 is 1.80 bits per heavy atom. The number of carbonyl (C=O) groups is 1. The molecule has 2 aliphatic rings. The minimum Gasteiger partial charge on any atom is -0.349 e. The van der Waals surface area contributed by atoms with Crippen molar-refractivity contribution in [1.82, 2.24) is 16.0 Å². The van der Waals surface area contributed by atoms with E-state index in [-0.39, 0.29) is 11.9 Å². The van der Waals surface area contributed by atoms with Gasteiger partial charge in [-0.25, -0.2) is 0 Å². The molecule has 160 valence electrons. The lowest BCUT2D eigenvalue weighted by Gasteiger charge is -2.23. The number of hydrogen-bond acceptors (Lipinski definition) is 3. The molecule has 3 atom stereocenters. The molecular weight excluding hydrogens is 394 g/mol. The van der Waals surface area contributed by atoms with Gasteiger partial charge in [0.25, 0.3) is 5.91 Å². The van der Waals surface area contributed by atoms with Crippen LogP contribution in [0.4, 0.5) is 0 Å². The van der Waals surface area contributed by atoms with Gasteiger partial charge in [-0.05, 0) is 93.4 Å². The molecule has 1 aliphatic heterocycles. The molecule has 5 heteroatoms. The predicted molar refractivity (Wildman–Crippen MR) is 123 cm³/mol. The second-order valence-electron chi connectivity index (χ2n) is 8.77. The summed E-state index contributed by atoms with van der Waals surface area (Å²) in [6, 6.07) is 17.4. The molecule has 1 aliphatic carbocycles. The van der Waals surface area contributed by atoms with Gasteiger partial charge in [0, 0.05) is 28.7 Å². The molecular formula is C25H32ClN3O. The van der Waals surface area contributed by atoms with Crippen molar-refractivity contribution in [3.63, 3.8) is 0 Å². The molecule has 0 bridgehead atoms. The number of rotatable bonds is 6. The zero-order chi connectivity index (χ0) is 20.9. The number of carbonyl (C=O) groups excluding carboxylic acids is 1. The largest absolute Gasteiger partial charge is 0.349 e. The number of hydrogen-bond donors (Lipinski definition) is 3. The third kappa shape index (κ3) is 5.42. The summed E-state index contributed by atoms with van der Waals surface area (Å²) in [5, 5.41) is 11.1. The van der Waals surface area contributed by atoms with Gasteiger partial charge in [0.2, 0.25) is 0 Å². The third-order valence-corrected chi connectivity index (χ3v) is 6.82. The van der Waals surface area contributed by atoms with E-state index in [1.54, 1.807) is 0 Å². The van der Waals surface area contributed by atoms with Crippen molar-refractivity contribution in [1.29, 1.82) is 0 Å². The maximum Gasteiger partial charge on any atom is 0.251 e. The fraction of sp³-hybridized carbons (Fsp3) is 0.480. The summed E-state index contributed by atoms with van der Waals surface area (Å²) in [4.78, 5) is 12.5. The maximum absolute atomic E-state index is 12.5. The summed E-state index contributed by atoms with van der Waals surface area (Å²) in [7, 11) is 0. The average molecular weight is 426 g/mol. The minimum atomic E-state index is 0.0507. The quantitative estimate of drug-likeness (QED) is 0.622. The summed E-state index contributed by atoms with van der Waals surface area (Å²) in [6.45, 7) is 4.17. The van der Waals surface area contributed by atoms with Crippen LogP contribution < -0.4 is 16.0 Å². The smallest absolute Gasteiger partial charge is 0.251 e. The zero-order valence-corrected chi connectivity index (χ0v) is 18.4. The molecule has 2 fully saturated rings. The standard InChI is InChI=1S/C25H32ClN3O/c1-17(20-3-2-4-22(26)15-20)28-24-10-9-21(16-24)18-5-7-19(8-6-18)25(30)29-23-11-13-27-14-12-23/h2-8,15,17,21,23-24,27-28H,9-14,16H2,1H3,(H,29,30)/t17-,21-,24+/m1/s1. The molecule has 2 aromatic carbocycles. The van der Waals surface area contributed by atoms with Crippen LogP contribution in [0.1, 0.15) is 72.5 Å². The Morgan fingerprint density at radius 1 is 1.03 bits per heavy atom. The van der Waals surface area contributed by atoms with E-state index in [4.69, 9.17) is 11.6 Å². The molecule has 1 amide bonds. The van der Waals surface area contributed by atoms with Crippen LogP contribution >= 0.6 is 11.6 Å². The van der Waals surface area contributed by atoms with E-state index in [9.17, 15) is 4.79 Å². The molecule has 0 aromatic heterocycles. The molecule has 2 aromatic rings. The number of halogens is 1. The Balaban J connectivity index is 1.30. The topological polar surface area (TPSA) is 53.2 Å². The van der Waals surface area contributed by atoms with Crippen molar-refractivity contribution in [3.8, 4) is 0 Å². The van der Waals surface area contributed by atoms with Crippen LogP contribution in [0.25, 0.3) is 0 Å². The Bertz CT molecular complexity index is 848. The van der Waals surface area contributed by atoms with Gasteiger partial charge >= 0.3 is 0 Å². The van der Waals surface area contributed by atoms with Crippen LogP contribution in [0, 0.1) is 0 Å². The molecule has 30 heavy (non-hydrogen) atoms. The van der Waals surface area contributed by atoms with Crippen LogP contribution in [0.2, 0.25) is 5.02 Å². The second kappa shape index (κ2) is 9.95. The van der Waals surface area contributed by atoms with Gasteiger partial charge in [-0.3, -0.25) is 4.79 Å². The summed E-state index contributed by atoms with van der Waals surface area (Å²) >= 11 is 6.14. The van der Waals surface area contributed by atoms with Crippen LogP contribution in [-0.2, 0) is 0 Å². The molecule has 4 nitrogen and oxygen atoms in total.